The molecular formula is C20H26O2Si. The summed E-state index contributed by atoms with van der Waals surface area (Å²) in [6.07, 6.45) is 13.2. The number of benzene rings is 1. The lowest BCUT2D eigenvalue weighted by atomic mass is 10.2. The van der Waals surface area contributed by atoms with Crippen LogP contribution in [0.2, 0.25) is 5.54 Å². The lowest BCUT2D eigenvalue weighted by molar-refractivity contribution is 0.224. The summed E-state index contributed by atoms with van der Waals surface area (Å²) < 4.78 is 11.7. The van der Waals surface area contributed by atoms with Crippen molar-refractivity contribution in [2.75, 3.05) is 13.2 Å². The minimum Gasteiger partial charge on any atom is -0.502 e. The molecule has 1 aliphatic rings. The molecule has 0 saturated carbocycles. The molecule has 0 spiro atoms. The molecule has 0 amide bonds. The van der Waals surface area contributed by atoms with Crippen LogP contribution in [0, 0.1) is 0 Å². The van der Waals surface area contributed by atoms with Crippen molar-refractivity contribution in [3.63, 3.8) is 0 Å². The molecule has 2 atom stereocenters. The standard InChI is InChI=1S/C20H26O2Si/c1-3-21-17-11-12-18-22-23(4-2,19-13-7-5-8-14-19)20-15-9-6-10-16-20/h3-10,13-15,20H,1-2,11-12,16-18H2. The molecule has 0 radical (unpaired) electrons. The van der Waals surface area contributed by atoms with E-state index >= 15 is 0 Å². The van der Waals surface area contributed by atoms with Gasteiger partial charge >= 0.3 is 0 Å². The van der Waals surface area contributed by atoms with Crippen LogP contribution in [-0.4, -0.2) is 21.5 Å². The quantitative estimate of drug-likeness (QED) is 0.360. The van der Waals surface area contributed by atoms with Gasteiger partial charge in [0.25, 0.3) is 8.32 Å². The second-order valence-electron chi connectivity index (χ2n) is 5.61. The monoisotopic (exact) mass is 326 g/mol. The summed E-state index contributed by atoms with van der Waals surface area (Å²) in [6.45, 7) is 9.15. The maximum atomic E-state index is 6.54. The fourth-order valence-corrected chi connectivity index (χ4v) is 6.49. The fraction of sp³-hybridized carbons (Fsp3) is 0.300. The van der Waals surface area contributed by atoms with Gasteiger partial charge in [-0.1, -0.05) is 66.9 Å². The van der Waals surface area contributed by atoms with Crippen LogP contribution in [0.5, 0.6) is 0 Å². The summed E-state index contributed by atoms with van der Waals surface area (Å²) in [4.78, 5) is 0. The smallest absolute Gasteiger partial charge is 0.255 e. The largest absolute Gasteiger partial charge is 0.502 e. The van der Waals surface area contributed by atoms with E-state index in [0.717, 1.165) is 25.9 Å². The van der Waals surface area contributed by atoms with Gasteiger partial charge in [-0.3, -0.25) is 0 Å². The van der Waals surface area contributed by atoms with Crippen molar-refractivity contribution >= 4 is 13.5 Å². The summed E-state index contributed by atoms with van der Waals surface area (Å²) in [7, 11) is -2.25. The van der Waals surface area contributed by atoms with Crippen molar-refractivity contribution < 1.29 is 9.16 Å². The number of ether oxygens (including phenoxy) is 1. The number of unbranched alkanes of at least 4 members (excludes halogenated alkanes) is 1. The number of hydrogen-bond donors (Lipinski definition) is 0. The van der Waals surface area contributed by atoms with Crippen LogP contribution in [0.25, 0.3) is 0 Å². The summed E-state index contributed by atoms with van der Waals surface area (Å²) in [5.41, 5.74) is 2.49. The average Bonchev–Trinajstić information content (AvgIpc) is 2.63. The second-order valence-corrected chi connectivity index (χ2v) is 9.21. The average molecular weight is 327 g/mol. The number of allylic oxidation sites excluding steroid dienone is 4. The van der Waals surface area contributed by atoms with Gasteiger partial charge in [-0.2, -0.15) is 0 Å². The Morgan fingerprint density at radius 1 is 1.09 bits per heavy atom. The van der Waals surface area contributed by atoms with Crippen LogP contribution >= 0.6 is 0 Å². The predicted octanol–water partition coefficient (Wildman–Crippen LogP) is 4.41. The molecule has 23 heavy (non-hydrogen) atoms. The minimum absolute atomic E-state index is 0.400. The Bertz CT molecular complexity index is 550. The normalized spacial score (nSPS) is 19.0. The third-order valence-corrected chi connectivity index (χ3v) is 8.23. The number of rotatable bonds is 10. The van der Waals surface area contributed by atoms with Crippen molar-refractivity contribution in [2.24, 2.45) is 0 Å². The molecule has 1 aromatic carbocycles. The van der Waals surface area contributed by atoms with Gasteiger partial charge in [0.1, 0.15) is 0 Å². The highest BCUT2D eigenvalue weighted by Crippen LogP contribution is 2.31. The fourth-order valence-electron chi connectivity index (χ4n) is 2.94. The van der Waals surface area contributed by atoms with Gasteiger partial charge in [-0.15, -0.1) is 6.58 Å². The lowest BCUT2D eigenvalue weighted by Crippen LogP contribution is -2.53. The Morgan fingerprint density at radius 2 is 1.87 bits per heavy atom. The Labute approximate surface area is 141 Å². The van der Waals surface area contributed by atoms with Crippen molar-refractivity contribution in [1.29, 1.82) is 0 Å². The molecule has 0 saturated heterocycles. The van der Waals surface area contributed by atoms with Crippen molar-refractivity contribution in [2.45, 2.75) is 24.8 Å². The molecule has 1 aromatic rings. The molecular weight excluding hydrogens is 300 g/mol. The van der Waals surface area contributed by atoms with Gasteiger partial charge in [-0.25, -0.2) is 0 Å². The summed E-state index contributed by atoms with van der Waals surface area (Å²) in [5, 5.41) is 1.29. The molecule has 122 valence electrons. The molecule has 0 aromatic heterocycles. The highest BCUT2D eigenvalue weighted by atomic mass is 28.4. The van der Waals surface area contributed by atoms with Crippen LogP contribution in [0.1, 0.15) is 19.3 Å². The van der Waals surface area contributed by atoms with E-state index in [4.69, 9.17) is 9.16 Å². The highest BCUT2D eigenvalue weighted by molar-refractivity contribution is 6.92. The first-order chi connectivity index (χ1) is 11.3. The maximum Gasteiger partial charge on any atom is 0.255 e. The summed E-state index contributed by atoms with van der Waals surface area (Å²) in [5.74, 6) is 0. The summed E-state index contributed by atoms with van der Waals surface area (Å²) in [6, 6.07) is 10.6. The van der Waals surface area contributed by atoms with E-state index in [1.807, 2.05) is 0 Å². The van der Waals surface area contributed by atoms with Crippen molar-refractivity contribution in [3.8, 4) is 0 Å². The summed E-state index contributed by atoms with van der Waals surface area (Å²) >= 11 is 0. The SMILES string of the molecule is C=COCCCCO[Si](C=C)(c1ccccc1)C1C=CC=CC1. The first kappa shape index (κ1) is 17.5. The van der Waals surface area contributed by atoms with Gasteiger partial charge in [0.05, 0.1) is 12.9 Å². The Balaban J connectivity index is 2.10. The molecule has 1 aliphatic carbocycles. The number of hydrogen-bond acceptors (Lipinski definition) is 2. The molecule has 2 unspecified atom stereocenters. The zero-order valence-corrected chi connectivity index (χ0v) is 14.7. The lowest BCUT2D eigenvalue weighted by Gasteiger charge is -2.35. The van der Waals surface area contributed by atoms with Crippen molar-refractivity contribution in [1.82, 2.24) is 0 Å². The third-order valence-electron chi connectivity index (χ3n) is 4.17. The Hall–Kier alpha value is -1.84. The van der Waals surface area contributed by atoms with Gasteiger partial charge < -0.3 is 9.16 Å². The van der Waals surface area contributed by atoms with Gasteiger partial charge in [0.15, 0.2) is 0 Å². The van der Waals surface area contributed by atoms with E-state index in [-0.39, 0.29) is 0 Å². The minimum atomic E-state index is -2.25. The van der Waals surface area contributed by atoms with Crippen LogP contribution in [0.15, 0.2) is 79.8 Å². The highest BCUT2D eigenvalue weighted by Gasteiger charge is 2.41. The van der Waals surface area contributed by atoms with Crippen LogP contribution in [-0.2, 0) is 9.16 Å². The van der Waals surface area contributed by atoms with E-state index in [0.29, 0.717) is 12.1 Å². The van der Waals surface area contributed by atoms with Gasteiger partial charge in [0, 0.05) is 12.1 Å². The zero-order chi connectivity index (χ0) is 16.4. The Morgan fingerprint density at radius 3 is 2.52 bits per heavy atom. The molecule has 2 nitrogen and oxygen atoms in total. The van der Waals surface area contributed by atoms with Crippen molar-refractivity contribution in [3.05, 3.63) is 79.8 Å². The van der Waals surface area contributed by atoms with E-state index in [9.17, 15) is 0 Å². The van der Waals surface area contributed by atoms with Crippen LogP contribution < -0.4 is 5.19 Å². The molecule has 0 fully saturated rings. The van der Waals surface area contributed by atoms with Crippen LogP contribution in [0.3, 0.4) is 0 Å². The van der Waals surface area contributed by atoms with E-state index in [1.165, 1.54) is 11.4 Å². The zero-order valence-electron chi connectivity index (χ0n) is 13.7. The maximum absolute atomic E-state index is 6.54. The van der Waals surface area contributed by atoms with E-state index < -0.39 is 8.32 Å². The third kappa shape index (κ3) is 4.56. The molecule has 2 rings (SSSR count). The second kappa shape index (κ2) is 9.33. The van der Waals surface area contributed by atoms with E-state index in [2.05, 4.69) is 73.5 Å². The Kier molecular flexibility index (Phi) is 7.10. The van der Waals surface area contributed by atoms with Gasteiger partial charge in [0.2, 0.25) is 0 Å². The first-order valence-corrected chi connectivity index (χ1v) is 10.3. The first-order valence-electron chi connectivity index (χ1n) is 8.22. The molecule has 3 heteroatoms. The van der Waals surface area contributed by atoms with Gasteiger partial charge in [-0.05, 0) is 24.4 Å². The molecule has 0 N–H and O–H groups in total. The predicted molar refractivity (Wildman–Crippen MR) is 100 cm³/mol. The van der Waals surface area contributed by atoms with Crippen LogP contribution in [0.4, 0.5) is 0 Å². The van der Waals surface area contributed by atoms with E-state index in [1.54, 1.807) is 0 Å². The molecule has 0 heterocycles. The molecule has 0 aliphatic heterocycles. The molecule has 0 bridgehead atoms. The topological polar surface area (TPSA) is 18.5 Å².